The van der Waals surface area contributed by atoms with Crippen molar-refractivity contribution in [3.8, 4) is 6.07 Å². The summed E-state index contributed by atoms with van der Waals surface area (Å²) in [6.07, 6.45) is 1.12. The molecule has 1 aliphatic carbocycles. The summed E-state index contributed by atoms with van der Waals surface area (Å²) in [7, 11) is 0. The third kappa shape index (κ3) is 3.86. The second kappa shape index (κ2) is 5.70. The molecule has 0 aliphatic heterocycles. The normalized spacial score (nSPS) is 15.2. The molecule has 0 aromatic carbocycles. The number of nitrogens with zero attached hydrogens (tertiary/aromatic N) is 3. The van der Waals surface area contributed by atoms with Gasteiger partial charge in [-0.25, -0.2) is 18.7 Å². The molecule has 0 spiro atoms. The van der Waals surface area contributed by atoms with E-state index >= 15 is 0 Å². The molecule has 0 unspecified atom stereocenters. The Hall–Kier alpha value is -1.77. The van der Waals surface area contributed by atoms with Crippen molar-refractivity contribution in [1.29, 1.82) is 5.26 Å². The molecule has 1 aromatic heterocycles. The van der Waals surface area contributed by atoms with E-state index in [-0.39, 0.29) is 6.42 Å². The number of rotatable bonds is 6. The molecule has 0 bridgehead atoms. The van der Waals surface area contributed by atoms with Crippen LogP contribution in [0.15, 0.2) is 6.20 Å². The van der Waals surface area contributed by atoms with E-state index in [1.54, 1.807) is 13.8 Å². The summed E-state index contributed by atoms with van der Waals surface area (Å²) in [5.41, 5.74) is -0.215. The second-order valence-corrected chi connectivity index (χ2v) is 5.99. The van der Waals surface area contributed by atoms with Gasteiger partial charge in [-0.3, -0.25) is 0 Å². The fourth-order valence-electron chi connectivity index (χ4n) is 1.96. The summed E-state index contributed by atoms with van der Waals surface area (Å²) >= 11 is 0. The summed E-state index contributed by atoms with van der Waals surface area (Å²) in [5, 5.41) is 12.1. The van der Waals surface area contributed by atoms with E-state index in [0.717, 1.165) is 18.7 Å². The first-order valence-electron chi connectivity index (χ1n) is 6.70. The highest BCUT2D eigenvalue weighted by atomic mass is 19.3. The minimum Gasteiger partial charge on any atom is -0.368 e. The molecular weight excluding hydrogens is 262 g/mol. The van der Waals surface area contributed by atoms with Crippen LogP contribution in [0.1, 0.15) is 50.4 Å². The third-order valence-corrected chi connectivity index (χ3v) is 3.31. The molecule has 1 heterocycles. The van der Waals surface area contributed by atoms with Gasteiger partial charge in [-0.05, 0) is 18.3 Å². The average molecular weight is 280 g/mol. The summed E-state index contributed by atoms with van der Waals surface area (Å²) in [5.74, 6) is 1.57. The van der Waals surface area contributed by atoms with Crippen molar-refractivity contribution in [2.24, 2.45) is 5.41 Å². The zero-order chi connectivity index (χ0) is 14.8. The van der Waals surface area contributed by atoms with Gasteiger partial charge in [0.25, 0.3) is 0 Å². The first-order chi connectivity index (χ1) is 9.41. The van der Waals surface area contributed by atoms with Crippen molar-refractivity contribution >= 4 is 5.82 Å². The lowest BCUT2D eigenvalue weighted by Crippen LogP contribution is -2.26. The number of nitriles is 1. The minimum atomic E-state index is -2.34. The Bertz CT molecular complexity index is 518. The molecule has 20 heavy (non-hydrogen) atoms. The first-order valence-corrected chi connectivity index (χ1v) is 6.70. The smallest absolute Gasteiger partial charge is 0.239 e. The number of hydrogen-bond donors (Lipinski definition) is 1. The van der Waals surface area contributed by atoms with Crippen LogP contribution in [0.4, 0.5) is 14.6 Å². The molecule has 0 atom stereocenters. The van der Waals surface area contributed by atoms with Crippen LogP contribution in [0.2, 0.25) is 0 Å². The number of nitrogens with one attached hydrogen (secondary N) is 1. The van der Waals surface area contributed by atoms with Gasteiger partial charge in [-0.15, -0.1) is 0 Å². The van der Waals surface area contributed by atoms with Crippen LogP contribution >= 0.6 is 0 Å². The molecule has 1 N–H and O–H groups in total. The van der Waals surface area contributed by atoms with Crippen molar-refractivity contribution < 1.29 is 8.78 Å². The van der Waals surface area contributed by atoms with Crippen molar-refractivity contribution in [2.45, 2.75) is 45.5 Å². The lowest BCUT2D eigenvalue weighted by molar-refractivity contribution is 0.0921. The van der Waals surface area contributed by atoms with Crippen LogP contribution in [0.5, 0.6) is 0 Å². The molecule has 1 aliphatic rings. The average Bonchev–Trinajstić information content (AvgIpc) is 3.19. The van der Waals surface area contributed by atoms with Gasteiger partial charge >= 0.3 is 0 Å². The van der Waals surface area contributed by atoms with Crippen LogP contribution in [0.3, 0.4) is 0 Å². The Morgan fingerprint density at radius 3 is 2.75 bits per heavy atom. The Morgan fingerprint density at radius 1 is 1.50 bits per heavy atom. The topological polar surface area (TPSA) is 61.6 Å². The zero-order valence-electron chi connectivity index (χ0n) is 11.7. The molecule has 0 saturated heterocycles. The SMILES string of the molecule is CC(C)(CNc1nc(C2CC2)ncc1C#N)CC(F)F. The summed E-state index contributed by atoms with van der Waals surface area (Å²) in [4.78, 5) is 8.53. The van der Waals surface area contributed by atoms with E-state index < -0.39 is 11.8 Å². The van der Waals surface area contributed by atoms with Crippen molar-refractivity contribution in [1.82, 2.24) is 9.97 Å². The molecule has 108 valence electrons. The fourth-order valence-corrected chi connectivity index (χ4v) is 1.96. The van der Waals surface area contributed by atoms with Gasteiger partial charge < -0.3 is 5.32 Å². The quantitative estimate of drug-likeness (QED) is 0.868. The lowest BCUT2D eigenvalue weighted by atomic mass is 9.89. The lowest BCUT2D eigenvalue weighted by Gasteiger charge is -2.25. The predicted octanol–water partition coefficient (Wildman–Crippen LogP) is 3.32. The maximum absolute atomic E-state index is 12.5. The Kier molecular flexibility index (Phi) is 4.17. The number of aromatic nitrogens is 2. The van der Waals surface area contributed by atoms with E-state index in [9.17, 15) is 8.78 Å². The summed E-state index contributed by atoms with van der Waals surface area (Å²) in [6, 6.07) is 2.02. The number of alkyl halides is 2. The van der Waals surface area contributed by atoms with Crippen molar-refractivity contribution in [2.75, 3.05) is 11.9 Å². The van der Waals surface area contributed by atoms with E-state index in [2.05, 4.69) is 15.3 Å². The maximum atomic E-state index is 12.5. The van der Waals surface area contributed by atoms with E-state index in [1.165, 1.54) is 6.20 Å². The molecule has 2 rings (SSSR count). The van der Waals surface area contributed by atoms with Gasteiger partial charge in [0.2, 0.25) is 6.43 Å². The highest BCUT2D eigenvalue weighted by Gasteiger charge is 2.28. The van der Waals surface area contributed by atoms with E-state index in [0.29, 0.717) is 23.8 Å². The second-order valence-electron chi connectivity index (χ2n) is 5.99. The van der Waals surface area contributed by atoms with Gasteiger partial charge in [0.1, 0.15) is 23.3 Å². The Labute approximate surface area is 117 Å². The largest absolute Gasteiger partial charge is 0.368 e. The number of anilines is 1. The van der Waals surface area contributed by atoms with Crippen LogP contribution in [-0.4, -0.2) is 22.9 Å². The van der Waals surface area contributed by atoms with Crippen LogP contribution in [0.25, 0.3) is 0 Å². The van der Waals surface area contributed by atoms with Gasteiger partial charge in [0.05, 0.1) is 6.20 Å². The number of hydrogen-bond acceptors (Lipinski definition) is 4. The Balaban J connectivity index is 2.07. The zero-order valence-corrected chi connectivity index (χ0v) is 11.7. The molecule has 4 nitrogen and oxygen atoms in total. The third-order valence-electron chi connectivity index (χ3n) is 3.31. The minimum absolute atomic E-state index is 0.192. The van der Waals surface area contributed by atoms with Gasteiger partial charge in [-0.2, -0.15) is 5.26 Å². The maximum Gasteiger partial charge on any atom is 0.239 e. The molecule has 1 saturated carbocycles. The van der Waals surface area contributed by atoms with Gasteiger partial charge in [0.15, 0.2) is 0 Å². The van der Waals surface area contributed by atoms with Gasteiger partial charge in [-0.1, -0.05) is 13.8 Å². The molecular formula is C14H18F2N4. The Morgan fingerprint density at radius 2 is 2.20 bits per heavy atom. The van der Waals surface area contributed by atoms with E-state index in [4.69, 9.17) is 5.26 Å². The summed E-state index contributed by atoms with van der Waals surface area (Å²) < 4.78 is 24.9. The number of halogens is 2. The molecule has 0 amide bonds. The van der Waals surface area contributed by atoms with E-state index in [1.807, 2.05) is 6.07 Å². The van der Waals surface area contributed by atoms with Crippen LogP contribution < -0.4 is 5.32 Å². The van der Waals surface area contributed by atoms with Crippen LogP contribution in [0, 0.1) is 16.7 Å². The first kappa shape index (κ1) is 14.6. The molecule has 0 radical (unpaired) electrons. The van der Waals surface area contributed by atoms with Gasteiger partial charge in [0, 0.05) is 18.9 Å². The highest BCUT2D eigenvalue weighted by Crippen LogP contribution is 2.38. The molecule has 6 heteroatoms. The standard InChI is InChI=1S/C14H18F2N4/c1-14(2,5-11(15)16)8-19-13-10(6-17)7-18-12(20-13)9-3-4-9/h7,9,11H,3-5,8H2,1-2H3,(H,18,19,20). The summed E-state index contributed by atoms with van der Waals surface area (Å²) in [6.45, 7) is 3.87. The highest BCUT2D eigenvalue weighted by molar-refractivity contribution is 5.51. The fraction of sp³-hybridized carbons (Fsp3) is 0.643. The van der Waals surface area contributed by atoms with Crippen molar-refractivity contribution in [3.05, 3.63) is 17.6 Å². The molecule has 1 aromatic rings. The monoisotopic (exact) mass is 280 g/mol. The van der Waals surface area contributed by atoms with Crippen LogP contribution in [-0.2, 0) is 0 Å². The predicted molar refractivity (Wildman–Crippen MR) is 71.6 cm³/mol. The van der Waals surface area contributed by atoms with Crippen molar-refractivity contribution in [3.63, 3.8) is 0 Å². The molecule has 1 fully saturated rings.